The van der Waals surface area contributed by atoms with Crippen LogP contribution in [-0.4, -0.2) is 15.0 Å². The first-order valence-electron chi connectivity index (χ1n) is 21.1. The molecule has 0 radical (unpaired) electrons. The maximum atomic E-state index is 5.25. The minimum atomic E-state index is 0.683. The van der Waals surface area contributed by atoms with Crippen molar-refractivity contribution in [2.24, 2.45) is 0 Å². The molecule has 12 aromatic rings. The van der Waals surface area contributed by atoms with Gasteiger partial charge in [-0.15, -0.1) is 0 Å². The lowest BCUT2D eigenvalue weighted by Gasteiger charge is -2.18. The van der Waals surface area contributed by atoms with Crippen LogP contribution in [0.4, 0.5) is 0 Å². The number of aromatic nitrogens is 3. The fraction of sp³-hybridized carbons (Fsp3) is 0. The summed E-state index contributed by atoms with van der Waals surface area (Å²) in [6, 6.07) is 76.3. The Hall–Kier alpha value is -8.27. The monoisotopic (exact) mass is 787 g/mol. The van der Waals surface area contributed by atoms with Gasteiger partial charge in [0.05, 0.1) is 11.4 Å². The fourth-order valence-electron chi connectivity index (χ4n) is 9.36. The van der Waals surface area contributed by atoms with E-state index in [0.29, 0.717) is 5.82 Å². The van der Waals surface area contributed by atoms with E-state index in [4.69, 9.17) is 9.97 Å². The molecule has 62 heavy (non-hydrogen) atoms. The first-order valence-corrected chi connectivity index (χ1v) is 21.1. The predicted octanol–water partition coefficient (Wildman–Crippen LogP) is 15.6. The topological polar surface area (TPSA) is 38.7 Å². The van der Waals surface area contributed by atoms with Gasteiger partial charge in [0, 0.05) is 29.1 Å². The molecule has 0 spiro atoms. The summed E-state index contributed by atoms with van der Waals surface area (Å²) < 4.78 is 0. The molecular weight excluding hydrogens is 751 g/mol. The van der Waals surface area contributed by atoms with Crippen molar-refractivity contribution in [2.75, 3.05) is 0 Å². The molecule has 0 saturated carbocycles. The summed E-state index contributed by atoms with van der Waals surface area (Å²) in [5.74, 6) is 0.683. The molecule has 3 nitrogen and oxygen atoms in total. The zero-order valence-electron chi connectivity index (χ0n) is 33.7. The molecule has 0 unspecified atom stereocenters. The lowest BCUT2D eigenvalue weighted by Crippen LogP contribution is -1.96. The minimum absolute atomic E-state index is 0.683. The van der Waals surface area contributed by atoms with E-state index in [2.05, 4.69) is 205 Å². The molecule has 0 aliphatic carbocycles. The molecule has 2 heterocycles. The summed E-state index contributed by atoms with van der Waals surface area (Å²) in [7, 11) is 0. The molecular formula is C59H37N3. The second-order valence-corrected chi connectivity index (χ2v) is 16.0. The van der Waals surface area contributed by atoms with E-state index >= 15 is 0 Å². The molecule has 2 aromatic heterocycles. The zero-order chi connectivity index (χ0) is 41.0. The number of fused-ring (bicyclic) bond motifs is 8. The Morgan fingerprint density at radius 1 is 0.258 bits per heavy atom. The Kier molecular flexibility index (Phi) is 8.50. The Bertz CT molecular complexity index is 3670. The highest BCUT2D eigenvalue weighted by Crippen LogP contribution is 2.45. The molecule has 0 atom stereocenters. The molecule has 0 N–H and O–H groups in total. The van der Waals surface area contributed by atoms with Crippen molar-refractivity contribution < 1.29 is 0 Å². The normalized spacial score (nSPS) is 11.5. The largest absolute Gasteiger partial charge is 0.264 e. The van der Waals surface area contributed by atoms with E-state index < -0.39 is 0 Å². The minimum Gasteiger partial charge on any atom is -0.264 e. The summed E-state index contributed by atoms with van der Waals surface area (Å²) in [6.07, 6.45) is 3.69. The van der Waals surface area contributed by atoms with Crippen LogP contribution in [0.2, 0.25) is 0 Å². The molecule has 0 amide bonds. The molecule has 3 heteroatoms. The second-order valence-electron chi connectivity index (χ2n) is 16.0. The Morgan fingerprint density at radius 3 is 1.40 bits per heavy atom. The third kappa shape index (κ3) is 6.10. The summed E-state index contributed by atoms with van der Waals surface area (Å²) >= 11 is 0. The van der Waals surface area contributed by atoms with Gasteiger partial charge < -0.3 is 0 Å². The highest BCUT2D eigenvalue weighted by atomic mass is 14.9. The SMILES string of the molecule is c1ccc(-c2cc(-c3ccc(-c4cccnc4)cc3)nc(-c3cccc(-c4cc5c6ccccc6c(-c6cc7ccccc7c7ccccc67)cc5c5ccccc45)c3)n2)cc1. The van der Waals surface area contributed by atoms with E-state index in [0.717, 1.165) is 44.8 Å². The number of rotatable bonds is 6. The van der Waals surface area contributed by atoms with Crippen LogP contribution in [0.25, 0.3) is 121 Å². The van der Waals surface area contributed by atoms with Crippen LogP contribution < -0.4 is 0 Å². The molecule has 288 valence electrons. The van der Waals surface area contributed by atoms with E-state index in [1.807, 2.05) is 18.3 Å². The lowest BCUT2D eigenvalue weighted by atomic mass is 9.86. The standard InChI is InChI=1S/C59H37N3/c1-2-14-39(15-3-1)57-36-58(40-29-27-38(28-30-40)44-19-13-31-60-37-44)62-59(61-57)43-18-12-17-41(32-43)52-34-54-50-25-10-11-26-51(50)55(35-56(54)49-24-9-7-22-47(49)52)53-33-42-16-4-5-20-45(42)46-21-6-8-23-48(46)53/h1-37H. The highest BCUT2D eigenvalue weighted by Gasteiger charge is 2.18. The first kappa shape index (κ1) is 35.7. The lowest BCUT2D eigenvalue weighted by molar-refractivity contribution is 1.18. The quantitative estimate of drug-likeness (QED) is 0.158. The average Bonchev–Trinajstić information content (AvgIpc) is 3.36. The Morgan fingerprint density at radius 2 is 0.742 bits per heavy atom. The van der Waals surface area contributed by atoms with Gasteiger partial charge in [-0.3, -0.25) is 4.98 Å². The van der Waals surface area contributed by atoms with Crippen LogP contribution in [-0.2, 0) is 0 Å². The van der Waals surface area contributed by atoms with Gasteiger partial charge in [0.15, 0.2) is 5.82 Å². The third-order valence-corrected chi connectivity index (χ3v) is 12.3. The Balaban J connectivity index is 1.03. The van der Waals surface area contributed by atoms with Gasteiger partial charge in [-0.2, -0.15) is 0 Å². The van der Waals surface area contributed by atoms with Crippen LogP contribution in [0.1, 0.15) is 0 Å². The molecule has 0 aliphatic rings. The molecule has 0 aliphatic heterocycles. The van der Waals surface area contributed by atoms with Gasteiger partial charge in [-0.25, -0.2) is 9.97 Å². The van der Waals surface area contributed by atoms with E-state index in [1.165, 1.54) is 70.6 Å². The van der Waals surface area contributed by atoms with Gasteiger partial charge >= 0.3 is 0 Å². The van der Waals surface area contributed by atoms with Crippen LogP contribution in [0.5, 0.6) is 0 Å². The first-order chi connectivity index (χ1) is 30.7. The highest BCUT2D eigenvalue weighted by molar-refractivity contribution is 6.26. The summed E-state index contributed by atoms with van der Waals surface area (Å²) in [4.78, 5) is 14.8. The van der Waals surface area contributed by atoms with Gasteiger partial charge in [0.2, 0.25) is 0 Å². The van der Waals surface area contributed by atoms with Gasteiger partial charge in [-0.05, 0) is 124 Å². The zero-order valence-corrected chi connectivity index (χ0v) is 33.7. The van der Waals surface area contributed by atoms with Crippen molar-refractivity contribution >= 4 is 53.9 Å². The Labute approximate surface area is 359 Å². The van der Waals surface area contributed by atoms with Crippen LogP contribution in [0.3, 0.4) is 0 Å². The molecule has 12 rings (SSSR count). The molecule has 0 fully saturated rings. The average molecular weight is 788 g/mol. The predicted molar refractivity (Wildman–Crippen MR) is 260 cm³/mol. The molecule has 10 aromatic carbocycles. The number of pyridine rings is 1. The van der Waals surface area contributed by atoms with E-state index in [9.17, 15) is 0 Å². The van der Waals surface area contributed by atoms with Crippen LogP contribution in [0, 0.1) is 0 Å². The van der Waals surface area contributed by atoms with Gasteiger partial charge in [-0.1, -0.05) is 176 Å². The van der Waals surface area contributed by atoms with E-state index in [-0.39, 0.29) is 0 Å². The van der Waals surface area contributed by atoms with Gasteiger partial charge in [0.1, 0.15) is 0 Å². The number of nitrogens with zero attached hydrogens (tertiary/aromatic N) is 3. The third-order valence-electron chi connectivity index (χ3n) is 12.3. The maximum Gasteiger partial charge on any atom is 0.160 e. The van der Waals surface area contributed by atoms with Gasteiger partial charge in [0.25, 0.3) is 0 Å². The number of benzene rings is 10. The number of hydrogen-bond donors (Lipinski definition) is 0. The van der Waals surface area contributed by atoms with E-state index in [1.54, 1.807) is 6.20 Å². The number of hydrogen-bond acceptors (Lipinski definition) is 3. The van der Waals surface area contributed by atoms with Crippen LogP contribution in [0.15, 0.2) is 225 Å². The molecule has 0 bridgehead atoms. The molecule has 0 saturated heterocycles. The fourth-order valence-corrected chi connectivity index (χ4v) is 9.36. The van der Waals surface area contributed by atoms with Crippen molar-refractivity contribution in [1.82, 2.24) is 15.0 Å². The summed E-state index contributed by atoms with van der Waals surface area (Å²) in [6.45, 7) is 0. The van der Waals surface area contributed by atoms with Crippen molar-refractivity contribution in [3.05, 3.63) is 225 Å². The van der Waals surface area contributed by atoms with Crippen molar-refractivity contribution in [3.63, 3.8) is 0 Å². The van der Waals surface area contributed by atoms with Crippen molar-refractivity contribution in [3.8, 4) is 67.3 Å². The van der Waals surface area contributed by atoms with Crippen molar-refractivity contribution in [2.45, 2.75) is 0 Å². The smallest absolute Gasteiger partial charge is 0.160 e. The van der Waals surface area contributed by atoms with Crippen molar-refractivity contribution in [1.29, 1.82) is 0 Å². The second kappa shape index (κ2) is 14.8. The summed E-state index contributed by atoms with van der Waals surface area (Å²) in [5.41, 5.74) is 11.8. The maximum absolute atomic E-state index is 5.25. The van der Waals surface area contributed by atoms with Crippen LogP contribution >= 0.6 is 0 Å². The summed E-state index contributed by atoms with van der Waals surface area (Å²) in [5, 5.41) is 12.4.